The van der Waals surface area contributed by atoms with Crippen molar-refractivity contribution < 1.29 is 0 Å². The van der Waals surface area contributed by atoms with Gasteiger partial charge in [0.15, 0.2) is 0 Å². The van der Waals surface area contributed by atoms with E-state index in [4.69, 9.17) is 0 Å². The summed E-state index contributed by atoms with van der Waals surface area (Å²) in [6.07, 6.45) is 4.05. The number of rotatable bonds is 2. The van der Waals surface area contributed by atoms with Crippen LogP contribution in [-0.4, -0.2) is 13.6 Å². The predicted octanol–water partition coefficient (Wildman–Crippen LogP) is 2.39. The molecule has 66 valence electrons. The van der Waals surface area contributed by atoms with Crippen molar-refractivity contribution in [3.63, 3.8) is 0 Å². The summed E-state index contributed by atoms with van der Waals surface area (Å²) in [7, 11) is 2.04. The van der Waals surface area contributed by atoms with E-state index in [1.165, 1.54) is 19.3 Å². The van der Waals surface area contributed by atoms with Crippen molar-refractivity contribution in [1.82, 2.24) is 5.32 Å². The summed E-state index contributed by atoms with van der Waals surface area (Å²) in [5.74, 6) is 0.782. The molecular formula is C10H15NS. The Labute approximate surface area is 77.8 Å². The molecule has 1 aliphatic rings. The molecule has 1 aliphatic carbocycles. The van der Waals surface area contributed by atoms with Crippen LogP contribution < -0.4 is 5.32 Å². The number of nitrogens with one attached hydrogen (secondary N) is 1. The molecule has 0 amide bonds. The lowest BCUT2D eigenvalue weighted by molar-refractivity contribution is 0.534. The minimum Gasteiger partial charge on any atom is -0.319 e. The van der Waals surface area contributed by atoms with Gasteiger partial charge in [0, 0.05) is 11.4 Å². The molecule has 1 aromatic rings. The lowest BCUT2D eigenvalue weighted by Crippen LogP contribution is -2.20. The van der Waals surface area contributed by atoms with Gasteiger partial charge in [-0.1, -0.05) is 0 Å². The van der Waals surface area contributed by atoms with Crippen molar-refractivity contribution in [3.8, 4) is 0 Å². The molecule has 1 aromatic heterocycles. The highest BCUT2D eigenvalue weighted by atomic mass is 32.1. The predicted molar refractivity (Wildman–Crippen MR) is 53.9 cm³/mol. The first-order valence-corrected chi connectivity index (χ1v) is 5.50. The molecule has 0 radical (unpaired) electrons. The zero-order chi connectivity index (χ0) is 8.39. The maximum Gasteiger partial charge on any atom is 0.00805 e. The smallest absolute Gasteiger partial charge is 0.00805 e. The third kappa shape index (κ3) is 1.41. The van der Waals surface area contributed by atoms with Gasteiger partial charge >= 0.3 is 0 Å². The van der Waals surface area contributed by atoms with E-state index < -0.39 is 0 Å². The van der Waals surface area contributed by atoms with Crippen molar-refractivity contribution in [1.29, 1.82) is 0 Å². The maximum absolute atomic E-state index is 3.27. The first-order chi connectivity index (χ1) is 5.92. The van der Waals surface area contributed by atoms with E-state index in [1.54, 1.807) is 10.4 Å². The molecule has 0 saturated heterocycles. The van der Waals surface area contributed by atoms with Crippen LogP contribution in [0.4, 0.5) is 0 Å². The Bertz CT molecular complexity index is 254. The van der Waals surface area contributed by atoms with Crippen LogP contribution in [-0.2, 0) is 6.42 Å². The van der Waals surface area contributed by atoms with Crippen LogP contribution in [0.5, 0.6) is 0 Å². The Kier molecular flexibility index (Phi) is 2.47. The molecule has 0 fully saturated rings. The molecule has 1 N–H and O–H groups in total. The largest absolute Gasteiger partial charge is 0.319 e. The van der Waals surface area contributed by atoms with E-state index in [9.17, 15) is 0 Å². The normalized spacial score (nSPS) is 22.2. The average molecular weight is 181 g/mol. The highest BCUT2D eigenvalue weighted by molar-refractivity contribution is 7.10. The van der Waals surface area contributed by atoms with Crippen molar-refractivity contribution in [2.45, 2.75) is 25.2 Å². The van der Waals surface area contributed by atoms with E-state index in [0.29, 0.717) is 0 Å². The number of thiophene rings is 1. The minimum atomic E-state index is 0.782. The number of fused-ring (bicyclic) bond motifs is 1. The van der Waals surface area contributed by atoms with E-state index >= 15 is 0 Å². The van der Waals surface area contributed by atoms with Crippen LogP contribution in [0.2, 0.25) is 0 Å². The lowest BCUT2D eigenvalue weighted by Gasteiger charge is -2.21. The van der Waals surface area contributed by atoms with Gasteiger partial charge in [-0.25, -0.2) is 0 Å². The molecule has 1 atom stereocenters. The number of aryl methyl sites for hydroxylation is 1. The summed E-state index contributed by atoms with van der Waals surface area (Å²) in [6.45, 7) is 1.14. The van der Waals surface area contributed by atoms with Crippen LogP contribution in [0.1, 0.15) is 29.2 Å². The quantitative estimate of drug-likeness (QED) is 0.738. The molecule has 0 aromatic carbocycles. The molecule has 0 saturated carbocycles. The highest BCUT2D eigenvalue weighted by Gasteiger charge is 2.19. The topological polar surface area (TPSA) is 12.0 Å². The first kappa shape index (κ1) is 8.27. The van der Waals surface area contributed by atoms with Gasteiger partial charge in [-0.15, -0.1) is 11.3 Å². The minimum absolute atomic E-state index is 0.782. The summed E-state index contributed by atoms with van der Waals surface area (Å²) >= 11 is 1.93. The molecule has 0 bridgehead atoms. The average Bonchev–Trinajstić information content (AvgIpc) is 2.53. The third-order valence-corrected chi connectivity index (χ3v) is 3.62. The second-order valence-electron chi connectivity index (χ2n) is 3.45. The van der Waals surface area contributed by atoms with Crippen LogP contribution in [0.15, 0.2) is 11.4 Å². The summed E-state index contributed by atoms with van der Waals surface area (Å²) in [5, 5.41) is 5.51. The second-order valence-corrected chi connectivity index (χ2v) is 4.45. The van der Waals surface area contributed by atoms with Gasteiger partial charge in [-0.3, -0.25) is 0 Å². The van der Waals surface area contributed by atoms with Gasteiger partial charge in [0.25, 0.3) is 0 Å². The van der Waals surface area contributed by atoms with Crippen molar-refractivity contribution in [2.24, 2.45) is 0 Å². The Morgan fingerprint density at radius 2 is 2.58 bits per heavy atom. The van der Waals surface area contributed by atoms with Gasteiger partial charge in [0.05, 0.1) is 0 Å². The van der Waals surface area contributed by atoms with E-state index in [1.807, 2.05) is 18.4 Å². The Morgan fingerprint density at radius 1 is 1.67 bits per heavy atom. The monoisotopic (exact) mass is 181 g/mol. The fraction of sp³-hybridized carbons (Fsp3) is 0.600. The zero-order valence-electron chi connectivity index (χ0n) is 7.47. The van der Waals surface area contributed by atoms with Gasteiger partial charge in [0.2, 0.25) is 0 Å². The molecule has 12 heavy (non-hydrogen) atoms. The molecule has 2 rings (SSSR count). The maximum atomic E-state index is 3.27. The van der Waals surface area contributed by atoms with E-state index in [-0.39, 0.29) is 0 Å². The van der Waals surface area contributed by atoms with Crippen LogP contribution in [0.25, 0.3) is 0 Å². The van der Waals surface area contributed by atoms with Gasteiger partial charge in [0.1, 0.15) is 0 Å². The Morgan fingerprint density at radius 3 is 3.42 bits per heavy atom. The van der Waals surface area contributed by atoms with Gasteiger partial charge in [-0.05, 0) is 49.2 Å². The fourth-order valence-electron chi connectivity index (χ4n) is 2.04. The third-order valence-electron chi connectivity index (χ3n) is 2.63. The standard InChI is InChI=1S/C10H15NS/c1-11-7-8-3-2-4-10-9(8)5-6-12-10/h5-6,8,11H,2-4,7H2,1H3. The van der Waals surface area contributed by atoms with Gasteiger partial charge in [-0.2, -0.15) is 0 Å². The Hall–Kier alpha value is -0.340. The lowest BCUT2D eigenvalue weighted by atomic mass is 9.88. The van der Waals surface area contributed by atoms with Crippen LogP contribution >= 0.6 is 11.3 Å². The van der Waals surface area contributed by atoms with Crippen LogP contribution in [0, 0.1) is 0 Å². The molecule has 1 heterocycles. The summed E-state index contributed by atoms with van der Waals surface area (Å²) < 4.78 is 0. The molecule has 1 unspecified atom stereocenters. The van der Waals surface area contributed by atoms with E-state index in [0.717, 1.165) is 12.5 Å². The van der Waals surface area contributed by atoms with E-state index in [2.05, 4.69) is 16.8 Å². The number of hydrogen-bond donors (Lipinski definition) is 1. The number of hydrogen-bond acceptors (Lipinski definition) is 2. The first-order valence-electron chi connectivity index (χ1n) is 4.62. The summed E-state index contributed by atoms with van der Waals surface area (Å²) in [4.78, 5) is 1.63. The molecule has 0 spiro atoms. The Balaban J connectivity index is 2.19. The molecule has 1 nitrogen and oxygen atoms in total. The van der Waals surface area contributed by atoms with Crippen molar-refractivity contribution in [2.75, 3.05) is 13.6 Å². The van der Waals surface area contributed by atoms with Crippen molar-refractivity contribution >= 4 is 11.3 Å². The number of likely N-dealkylation sites (N-methyl/N-ethyl adjacent to an activating group) is 1. The molecular weight excluding hydrogens is 166 g/mol. The SMILES string of the molecule is CNCC1CCCc2sccc21. The van der Waals surface area contributed by atoms with Gasteiger partial charge < -0.3 is 5.32 Å². The molecule has 0 aliphatic heterocycles. The summed E-state index contributed by atoms with van der Waals surface area (Å²) in [5.41, 5.74) is 1.61. The van der Waals surface area contributed by atoms with Crippen LogP contribution in [0.3, 0.4) is 0 Å². The molecule has 2 heteroatoms. The highest BCUT2D eigenvalue weighted by Crippen LogP contribution is 2.34. The second kappa shape index (κ2) is 3.58. The summed E-state index contributed by atoms with van der Waals surface area (Å²) in [6, 6.07) is 2.31. The fourth-order valence-corrected chi connectivity index (χ4v) is 3.05. The zero-order valence-corrected chi connectivity index (χ0v) is 8.29. The van der Waals surface area contributed by atoms with Crippen molar-refractivity contribution in [3.05, 3.63) is 21.9 Å².